The molecular formula is C26H31F2N3O4. The summed E-state index contributed by atoms with van der Waals surface area (Å²) in [5.74, 6) is -1.59. The number of hydrogen-bond acceptors (Lipinski definition) is 5. The highest BCUT2D eigenvalue weighted by Crippen LogP contribution is 2.33. The van der Waals surface area contributed by atoms with Gasteiger partial charge in [-0.1, -0.05) is 30.3 Å². The van der Waals surface area contributed by atoms with Crippen molar-refractivity contribution in [2.45, 2.75) is 64.4 Å². The van der Waals surface area contributed by atoms with Crippen molar-refractivity contribution in [3.8, 4) is 11.8 Å². The summed E-state index contributed by atoms with van der Waals surface area (Å²) >= 11 is 0. The Bertz CT molecular complexity index is 1160. The zero-order valence-corrected chi connectivity index (χ0v) is 20.2. The molecule has 1 amide bonds. The molecule has 0 bridgehead atoms. The normalized spacial score (nSPS) is 18.9. The van der Waals surface area contributed by atoms with Crippen molar-refractivity contribution in [1.82, 2.24) is 14.9 Å². The predicted octanol–water partition coefficient (Wildman–Crippen LogP) is 4.66. The number of carbonyl (C=O) groups is 1. The summed E-state index contributed by atoms with van der Waals surface area (Å²) in [5.41, 5.74) is 0.772. The number of carbonyl (C=O) groups excluding carboxylic acids is 1. The number of aryl methyl sites for hydroxylation is 1. The molecule has 1 aromatic heterocycles. The summed E-state index contributed by atoms with van der Waals surface area (Å²) in [6.45, 7) is 3.96. The lowest BCUT2D eigenvalue weighted by molar-refractivity contribution is -0.120. The number of ether oxygens (including phenoxy) is 3. The van der Waals surface area contributed by atoms with Crippen LogP contribution in [0.5, 0.6) is 11.8 Å². The third-order valence-corrected chi connectivity index (χ3v) is 6.12. The van der Waals surface area contributed by atoms with Gasteiger partial charge in [0.05, 0.1) is 12.7 Å². The van der Waals surface area contributed by atoms with E-state index < -0.39 is 11.6 Å². The highest BCUT2D eigenvalue weighted by Gasteiger charge is 2.27. The average Bonchev–Trinajstić information content (AvgIpc) is 3.17. The molecule has 0 unspecified atom stereocenters. The number of amides is 1. The monoisotopic (exact) mass is 487 g/mol. The molecule has 0 aliphatic heterocycles. The smallest absolute Gasteiger partial charge is 0.297 e. The topological polar surface area (TPSA) is 74.6 Å². The molecule has 188 valence electrons. The van der Waals surface area contributed by atoms with Crippen LogP contribution >= 0.6 is 0 Å². The van der Waals surface area contributed by atoms with Crippen LogP contribution in [0.3, 0.4) is 0 Å². The van der Waals surface area contributed by atoms with Gasteiger partial charge in [-0.3, -0.25) is 9.36 Å². The van der Waals surface area contributed by atoms with Gasteiger partial charge < -0.3 is 19.5 Å². The van der Waals surface area contributed by atoms with Gasteiger partial charge >= 0.3 is 0 Å². The molecule has 4 rings (SSSR count). The number of benzene rings is 2. The van der Waals surface area contributed by atoms with E-state index in [0.717, 1.165) is 37.3 Å². The van der Waals surface area contributed by atoms with Crippen LogP contribution in [0.1, 0.15) is 45.1 Å². The first-order valence-electron chi connectivity index (χ1n) is 11.9. The van der Waals surface area contributed by atoms with Gasteiger partial charge in [-0.05, 0) is 38.2 Å². The number of rotatable bonds is 9. The van der Waals surface area contributed by atoms with Gasteiger partial charge in [-0.2, -0.15) is 4.98 Å². The molecule has 1 aliphatic rings. The van der Waals surface area contributed by atoms with Crippen LogP contribution in [-0.2, 0) is 23.2 Å². The second kappa shape index (κ2) is 11.0. The molecule has 0 spiro atoms. The molecule has 1 atom stereocenters. The Morgan fingerprint density at radius 3 is 2.54 bits per heavy atom. The number of nitrogens with zero attached hydrogens (tertiary/aromatic N) is 2. The van der Waals surface area contributed by atoms with Crippen LogP contribution in [0.2, 0.25) is 0 Å². The minimum Gasteiger partial charge on any atom is -0.486 e. The number of hydrogen-bond donors (Lipinski definition) is 1. The molecule has 2 aromatic carbocycles. The largest absolute Gasteiger partial charge is 0.486 e. The maximum absolute atomic E-state index is 15.2. The number of aromatic nitrogens is 2. The van der Waals surface area contributed by atoms with Gasteiger partial charge in [0.1, 0.15) is 23.7 Å². The van der Waals surface area contributed by atoms with Gasteiger partial charge in [0.15, 0.2) is 17.4 Å². The molecule has 7 nitrogen and oxygen atoms in total. The minimum atomic E-state index is -0.674. The van der Waals surface area contributed by atoms with Crippen LogP contribution in [0.15, 0.2) is 36.4 Å². The van der Waals surface area contributed by atoms with E-state index >= 15 is 4.39 Å². The van der Waals surface area contributed by atoms with Crippen LogP contribution in [0.25, 0.3) is 11.0 Å². The first-order chi connectivity index (χ1) is 16.8. The Hall–Kier alpha value is -3.20. The lowest BCUT2D eigenvalue weighted by Gasteiger charge is -2.29. The third kappa shape index (κ3) is 6.08. The van der Waals surface area contributed by atoms with E-state index in [1.807, 2.05) is 37.3 Å². The Labute approximate surface area is 203 Å². The second-order valence-corrected chi connectivity index (χ2v) is 9.05. The Morgan fingerprint density at radius 1 is 1.17 bits per heavy atom. The second-order valence-electron chi connectivity index (χ2n) is 9.05. The van der Waals surface area contributed by atoms with Crippen LogP contribution in [0.4, 0.5) is 8.78 Å². The van der Waals surface area contributed by atoms with Gasteiger partial charge in [0.2, 0.25) is 5.91 Å². The third-order valence-electron chi connectivity index (χ3n) is 6.12. The summed E-state index contributed by atoms with van der Waals surface area (Å²) in [6, 6.07) is 10.4. The van der Waals surface area contributed by atoms with E-state index in [1.54, 1.807) is 7.05 Å². The molecule has 0 saturated heterocycles. The van der Waals surface area contributed by atoms with Crippen molar-refractivity contribution in [2.24, 2.45) is 7.05 Å². The van der Waals surface area contributed by atoms with Gasteiger partial charge in [-0.25, -0.2) is 8.78 Å². The first kappa shape index (κ1) is 24.9. The fourth-order valence-electron chi connectivity index (χ4n) is 4.34. The van der Waals surface area contributed by atoms with Crippen molar-refractivity contribution in [3.63, 3.8) is 0 Å². The summed E-state index contributed by atoms with van der Waals surface area (Å²) in [5, 5.41) is 2.80. The maximum Gasteiger partial charge on any atom is 0.297 e. The Kier molecular flexibility index (Phi) is 7.85. The summed E-state index contributed by atoms with van der Waals surface area (Å²) in [4.78, 5) is 15.4. The van der Waals surface area contributed by atoms with Crippen LogP contribution in [-0.4, -0.2) is 40.3 Å². The quantitative estimate of drug-likeness (QED) is 0.475. The highest BCUT2D eigenvalue weighted by atomic mass is 19.1. The van der Waals surface area contributed by atoms with Crippen molar-refractivity contribution in [2.75, 3.05) is 6.61 Å². The molecule has 0 radical (unpaired) electrons. The van der Waals surface area contributed by atoms with Crippen molar-refractivity contribution in [3.05, 3.63) is 53.6 Å². The van der Waals surface area contributed by atoms with E-state index in [0.29, 0.717) is 6.61 Å². The summed E-state index contributed by atoms with van der Waals surface area (Å²) in [6.07, 6.45) is 3.02. The summed E-state index contributed by atoms with van der Waals surface area (Å²) < 4.78 is 49.0. The fourth-order valence-corrected chi connectivity index (χ4v) is 4.34. The minimum absolute atomic E-state index is 0.00652. The molecular weight excluding hydrogens is 456 g/mol. The zero-order valence-electron chi connectivity index (χ0n) is 20.2. The van der Waals surface area contributed by atoms with E-state index in [1.165, 1.54) is 11.5 Å². The molecule has 35 heavy (non-hydrogen) atoms. The number of nitrogens with one attached hydrogen (secondary N) is 1. The lowest BCUT2D eigenvalue weighted by atomic mass is 9.95. The van der Waals surface area contributed by atoms with E-state index in [2.05, 4.69) is 10.3 Å². The Balaban J connectivity index is 1.39. The van der Waals surface area contributed by atoms with E-state index in [9.17, 15) is 9.18 Å². The van der Waals surface area contributed by atoms with Crippen LogP contribution in [0, 0.1) is 11.6 Å². The fraction of sp³-hybridized carbons (Fsp3) is 0.462. The first-order valence-corrected chi connectivity index (χ1v) is 11.9. The van der Waals surface area contributed by atoms with E-state index in [-0.39, 0.29) is 53.6 Å². The van der Waals surface area contributed by atoms with Crippen LogP contribution < -0.4 is 14.8 Å². The molecule has 1 heterocycles. The Morgan fingerprint density at radius 2 is 1.86 bits per heavy atom. The summed E-state index contributed by atoms with van der Waals surface area (Å²) in [7, 11) is 1.60. The van der Waals surface area contributed by atoms with Crippen molar-refractivity contribution in [1.29, 1.82) is 0 Å². The molecule has 9 heteroatoms. The highest BCUT2D eigenvalue weighted by molar-refractivity contribution is 5.80. The van der Waals surface area contributed by atoms with E-state index in [4.69, 9.17) is 14.2 Å². The SMILES string of the molecule is CC(=O)N[C@@H](C)CO[C@H]1CC[C@H](Oc2nc3c(F)cc(OCc4ccccc4)c(F)c3n2C)CC1. The molecule has 3 aromatic rings. The van der Waals surface area contributed by atoms with Crippen molar-refractivity contribution >= 4 is 16.9 Å². The lowest BCUT2D eigenvalue weighted by Crippen LogP contribution is -2.37. The standard InChI is InChI=1S/C26H31F2N3O4/c1-16(29-17(2)32)14-33-19-9-11-20(12-10-19)35-26-30-24-21(27)13-22(23(28)25(24)31(26)3)34-15-18-7-5-4-6-8-18/h4-8,13,16,19-20H,9-12,14-15H2,1-3H3,(H,29,32)/t16-,19-,20-/m0/s1. The molecule has 1 aliphatic carbocycles. The average molecular weight is 488 g/mol. The van der Waals surface area contributed by atoms with Gasteiger partial charge in [-0.15, -0.1) is 0 Å². The van der Waals surface area contributed by atoms with Gasteiger partial charge in [0, 0.05) is 26.1 Å². The molecule has 1 saturated carbocycles. The number of imidazole rings is 1. The predicted molar refractivity (Wildman–Crippen MR) is 127 cm³/mol. The molecule has 1 N–H and O–H groups in total. The number of halogens is 2. The van der Waals surface area contributed by atoms with Gasteiger partial charge in [0.25, 0.3) is 6.01 Å². The maximum atomic E-state index is 15.2. The molecule has 1 fully saturated rings. The van der Waals surface area contributed by atoms with Crippen molar-refractivity contribution < 1.29 is 27.8 Å². The number of fused-ring (bicyclic) bond motifs is 1. The zero-order chi connectivity index (χ0) is 24.9.